The third kappa shape index (κ3) is 10.8. The van der Waals surface area contributed by atoms with E-state index in [9.17, 15) is 18.5 Å². The van der Waals surface area contributed by atoms with Crippen molar-refractivity contribution in [3.8, 4) is 11.1 Å². The molecule has 2 aliphatic heterocycles. The highest BCUT2D eigenvalue weighted by molar-refractivity contribution is 7.99. The Morgan fingerprint density at radius 3 is 2.36 bits per heavy atom. The molecule has 1 unspecified atom stereocenters. The number of fused-ring (bicyclic) bond motifs is 1. The van der Waals surface area contributed by atoms with Crippen molar-refractivity contribution in [1.29, 1.82) is 0 Å². The van der Waals surface area contributed by atoms with Crippen LogP contribution in [0.5, 0.6) is 0 Å². The van der Waals surface area contributed by atoms with Crippen molar-refractivity contribution in [1.82, 2.24) is 25.3 Å². The summed E-state index contributed by atoms with van der Waals surface area (Å²) in [6.07, 6.45) is 4.34. The van der Waals surface area contributed by atoms with E-state index in [1.165, 1.54) is 29.6 Å². The number of halogens is 1. The number of thioether (sulfide) groups is 1. The van der Waals surface area contributed by atoms with Crippen molar-refractivity contribution in [3.63, 3.8) is 0 Å². The number of nitro groups is 1. The molecule has 3 heterocycles. The van der Waals surface area contributed by atoms with E-state index in [1.54, 1.807) is 11.8 Å². The maximum atomic E-state index is 13.8. The van der Waals surface area contributed by atoms with Crippen molar-refractivity contribution in [2.45, 2.75) is 41.6 Å². The molecule has 2 fully saturated rings. The van der Waals surface area contributed by atoms with Gasteiger partial charge in [0.25, 0.3) is 15.7 Å². The van der Waals surface area contributed by atoms with Crippen molar-refractivity contribution >= 4 is 67.2 Å². The molecule has 5 aromatic carbocycles. The third-order valence-corrected chi connectivity index (χ3v) is 13.9. The molecule has 0 radical (unpaired) electrons. The number of benzene rings is 5. The molecule has 0 saturated carbocycles. The van der Waals surface area contributed by atoms with Gasteiger partial charge < -0.3 is 10.2 Å². The molecule has 0 spiro atoms. The number of aromatic nitrogens is 2. The van der Waals surface area contributed by atoms with Crippen LogP contribution in [-0.4, -0.2) is 90.8 Å². The first-order chi connectivity index (χ1) is 29.7. The second kappa shape index (κ2) is 19.6. The van der Waals surface area contributed by atoms with Gasteiger partial charge in [0.15, 0.2) is 5.82 Å². The van der Waals surface area contributed by atoms with Gasteiger partial charge in [0.05, 0.1) is 15.3 Å². The highest BCUT2D eigenvalue weighted by Gasteiger charge is 2.25. The summed E-state index contributed by atoms with van der Waals surface area (Å²) in [5.41, 5.74) is 8.56. The first kappa shape index (κ1) is 42.4. The van der Waals surface area contributed by atoms with Crippen LogP contribution in [0.2, 0.25) is 5.02 Å². The molecule has 16 heteroatoms. The van der Waals surface area contributed by atoms with Crippen molar-refractivity contribution in [2.24, 2.45) is 0 Å². The van der Waals surface area contributed by atoms with Crippen LogP contribution >= 0.6 is 23.4 Å². The SMILES string of the molecule is O=[N+]([O-])c1cc(S(=O)(=O)Nc2ncnc3cc(N4CCN(Cc5ccccc5-c5ccc(Cl)cc5)CC4)ccc23)ccc1NC(CCNN1CCCC1)CSc1ccccc1. The number of anilines is 3. The maximum Gasteiger partial charge on any atom is 0.293 e. The van der Waals surface area contributed by atoms with E-state index >= 15 is 0 Å². The molecule has 2 saturated heterocycles. The Kier molecular flexibility index (Phi) is 13.6. The molecule has 61 heavy (non-hydrogen) atoms. The molecular weight excluding hydrogens is 830 g/mol. The van der Waals surface area contributed by atoms with Gasteiger partial charge in [-0.05, 0) is 90.6 Å². The lowest BCUT2D eigenvalue weighted by Gasteiger charge is -2.36. The number of sulfonamides is 1. The molecule has 0 bridgehead atoms. The standard InChI is InChI=1S/C45H48ClN9O4S2/c46-35-14-12-33(13-15-35)40-11-5-4-8-34(40)30-52-24-26-53(27-25-52)37-16-18-41-43(28-37)47-32-48-45(41)51-61(58,59)39-17-19-42(44(29-39)55(56)57)50-36(20-21-49-54-22-6-7-23-54)31-60-38-9-2-1-3-10-38/h1-5,8-19,28-29,32,36,49-50H,6-7,20-27,30-31H2,(H,47,48,51). The summed E-state index contributed by atoms with van der Waals surface area (Å²) in [5, 5.41) is 19.2. The van der Waals surface area contributed by atoms with Crippen LogP contribution < -0.4 is 20.4 Å². The minimum absolute atomic E-state index is 0.0917. The maximum absolute atomic E-state index is 13.8. The molecule has 1 aromatic heterocycles. The third-order valence-electron chi connectivity index (χ3n) is 11.1. The summed E-state index contributed by atoms with van der Waals surface area (Å²) in [7, 11) is -4.28. The van der Waals surface area contributed by atoms with Gasteiger partial charge in [0, 0.05) is 91.2 Å². The number of nitro benzene ring substituents is 1. The minimum atomic E-state index is -4.28. The number of piperazine rings is 1. The average Bonchev–Trinajstić information content (AvgIpc) is 3.80. The minimum Gasteiger partial charge on any atom is -0.376 e. The van der Waals surface area contributed by atoms with Gasteiger partial charge in [-0.15, -0.1) is 11.8 Å². The van der Waals surface area contributed by atoms with Crippen LogP contribution in [0.25, 0.3) is 22.0 Å². The molecule has 13 nitrogen and oxygen atoms in total. The highest BCUT2D eigenvalue weighted by atomic mass is 35.5. The Morgan fingerprint density at radius 1 is 0.836 bits per heavy atom. The van der Waals surface area contributed by atoms with Gasteiger partial charge >= 0.3 is 0 Å². The predicted molar refractivity (Wildman–Crippen MR) is 246 cm³/mol. The quantitative estimate of drug-likeness (QED) is 0.0458. The summed E-state index contributed by atoms with van der Waals surface area (Å²) in [4.78, 5) is 26.2. The largest absolute Gasteiger partial charge is 0.376 e. The predicted octanol–water partition coefficient (Wildman–Crippen LogP) is 8.54. The van der Waals surface area contributed by atoms with E-state index < -0.39 is 14.9 Å². The first-order valence-electron chi connectivity index (χ1n) is 20.5. The number of nitrogens with zero attached hydrogens (tertiary/aromatic N) is 6. The highest BCUT2D eigenvalue weighted by Crippen LogP contribution is 2.33. The Labute approximate surface area is 365 Å². The number of rotatable bonds is 17. The van der Waals surface area contributed by atoms with Gasteiger partial charge in [0.1, 0.15) is 12.0 Å². The Bertz CT molecular complexity index is 2560. The topological polar surface area (TPSA) is 149 Å². The molecule has 0 amide bonds. The Hall–Kier alpha value is -5.29. The normalized spacial score (nSPS) is 15.5. The molecule has 8 rings (SSSR count). The second-order valence-electron chi connectivity index (χ2n) is 15.2. The fourth-order valence-corrected chi connectivity index (χ4v) is 10.0. The fraction of sp³-hybridized carbons (Fsp3) is 0.289. The van der Waals surface area contributed by atoms with E-state index in [1.807, 2.05) is 60.7 Å². The van der Waals surface area contributed by atoms with Gasteiger partial charge in [-0.3, -0.25) is 25.2 Å². The monoisotopic (exact) mass is 877 g/mol. The molecule has 6 aromatic rings. The number of hydrogen-bond acceptors (Lipinski definition) is 12. The summed E-state index contributed by atoms with van der Waals surface area (Å²) >= 11 is 7.81. The van der Waals surface area contributed by atoms with Crippen LogP contribution in [0.15, 0.2) is 131 Å². The molecule has 316 valence electrons. The number of hydrogen-bond donors (Lipinski definition) is 3. The lowest BCUT2D eigenvalue weighted by Crippen LogP contribution is -2.46. The van der Waals surface area contributed by atoms with Crippen LogP contribution in [0.1, 0.15) is 24.8 Å². The van der Waals surface area contributed by atoms with Crippen molar-refractivity contribution in [3.05, 3.63) is 142 Å². The van der Waals surface area contributed by atoms with Gasteiger partial charge in [-0.1, -0.05) is 66.2 Å². The first-order valence-corrected chi connectivity index (χ1v) is 23.3. The zero-order valence-electron chi connectivity index (χ0n) is 33.6. The van der Waals surface area contributed by atoms with Gasteiger partial charge in [0.2, 0.25) is 0 Å². The van der Waals surface area contributed by atoms with E-state index in [2.05, 4.69) is 76.6 Å². The van der Waals surface area contributed by atoms with Crippen molar-refractivity contribution in [2.75, 3.05) is 66.5 Å². The van der Waals surface area contributed by atoms with E-state index in [-0.39, 0.29) is 28.1 Å². The van der Waals surface area contributed by atoms with Crippen LogP contribution in [0.4, 0.5) is 22.9 Å². The summed E-state index contributed by atoms with van der Waals surface area (Å²) in [6, 6.07) is 36.0. The summed E-state index contributed by atoms with van der Waals surface area (Å²) in [6.45, 7) is 6.88. The Balaban J connectivity index is 0.929. The van der Waals surface area contributed by atoms with Crippen LogP contribution in [0.3, 0.4) is 0 Å². The van der Waals surface area contributed by atoms with Crippen LogP contribution in [0, 0.1) is 10.1 Å². The van der Waals surface area contributed by atoms with Crippen molar-refractivity contribution < 1.29 is 13.3 Å². The zero-order chi connectivity index (χ0) is 42.2. The Morgan fingerprint density at radius 2 is 1.59 bits per heavy atom. The number of hydrazine groups is 1. The molecule has 1 atom stereocenters. The second-order valence-corrected chi connectivity index (χ2v) is 18.5. The van der Waals surface area contributed by atoms with E-state index in [0.29, 0.717) is 34.6 Å². The van der Waals surface area contributed by atoms with Gasteiger partial charge in [-0.25, -0.2) is 23.4 Å². The number of nitrogens with one attached hydrogen (secondary N) is 3. The fourth-order valence-electron chi connectivity index (χ4n) is 7.84. The summed E-state index contributed by atoms with van der Waals surface area (Å²) in [5.74, 6) is 0.749. The van der Waals surface area contributed by atoms with E-state index in [0.717, 1.165) is 80.9 Å². The van der Waals surface area contributed by atoms with E-state index in [4.69, 9.17) is 11.6 Å². The zero-order valence-corrected chi connectivity index (χ0v) is 36.0. The lowest BCUT2D eigenvalue weighted by molar-refractivity contribution is -0.384. The molecular formula is C45H48ClN9O4S2. The smallest absolute Gasteiger partial charge is 0.293 e. The molecule has 3 N–H and O–H groups in total. The molecule has 2 aliphatic rings. The summed E-state index contributed by atoms with van der Waals surface area (Å²) < 4.78 is 30.2. The molecule has 0 aliphatic carbocycles. The lowest BCUT2D eigenvalue weighted by atomic mass is 9.99. The van der Waals surface area contributed by atoms with Gasteiger partial charge in [-0.2, -0.15) is 0 Å². The average molecular weight is 879 g/mol. The van der Waals surface area contributed by atoms with Crippen LogP contribution in [-0.2, 0) is 16.6 Å².